The fraction of sp³-hybridized carbons (Fsp3) is 0.150. The number of aliphatic imine (C=N–C) groups is 1. The van der Waals surface area contributed by atoms with Crippen LogP contribution in [0.25, 0.3) is 11.3 Å². The fourth-order valence-corrected chi connectivity index (χ4v) is 3.44. The van der Waals surface area contributed by atoms with Gasteiger partial charge in [-0.25, -0.2) is 18.4 Å². The minimum atomic E-state index is -3.43. The molecule has 0 saturated heterocycles. The van der Waals surface area contributed by atoms with E-state index in [9.17, 15) is 8.42 Å². The molecular weight excluding hydrogens is 420 g/mol. The summed E-state index contributed by atoms with van der Waals surface area (Å²) in [6.45, 7) is 0.319. The molecule has 3 rings (SSSR count). The Morgan fingerprint density at radius 1 is 1.10 bits per heavy atom. The lowest BCUT2D eigenvalue weighted by Gasteiger charge is -2.12. The maximum atomic E-state index is 11.7. The third-order valence-corrected chi connectivity index (χ3v) is 5.09. The maximum Gasteiger partial charge on any atom is 0.229 e. The van der Waals surface area contributed by atoms with Gasteiger partial charge in [-0.05, 0) is 30.0 Å². The topological polar surface area (TPSA) is 122 Å². The zero-order valence-corrected chi connectivity index (χ0v) is 18.2. The molecule has 30 heavy (non-hydrogen) atoms. The van der Waals surface area contributed by atoms with Gasteiger partial charge in [-0.15, -0.1) is 0 Å². The molecule has 2 aromatic carbocycles. The van der Waals surface area contributed by atoms with Gasteiger partial charge in [0.05, 0.1) is 24.2 Å². The molecule has 3 aromatic rings. The van der Waals surface area contributed by atoms with Crippen molar-refractivity contribution < 1.29 is 8.42 Å². The summed E-state index contributed by atoms with van der Waals surface area (Å²) < 4.78 is 25.9. The van der Waals surface area contributed by atoms with Crippen molar-refractivity contribution in [2.24, 2.45) is 10.7 Å². The molecule has 1 aromatic heterocycles. The van der Waals surface area contributed by atoms with Crippen molar-refractivity contribution in [3.8, 4) is 11.3 Å². The molecule has 0 aliphatic heterocycles. The summed E-state index contributed by atoms with van der Waals surface area (Å²) in [6, 6.07) is 16.9. The van der Waals surface area contributed by atoms with E-state index in [0.29, 0.717) is 28.9 Å². The molecule has 0 aliphatic rings. The standard InChI is InChI=1S/C20H22N6O2S2/c1-29-20(21)22-12-14-8-16(10-17(9-14)26-30(2,27)28)25-19-11-18(23-13-24-19)15-6-4-3-5-7-15/h3-11,13,26H,12H2,1-2H3,(H2,21,22)(H,23,24,25). The van der Waals surface area contributed by atoms with Crippen LogP contribution in [0.1, 0.15) is 5.56 Å². The minimum Gasteiger partial charge on any atom is -0.379 e. The number of amidine groups is 1. The van der Waals surface area contributed by atoms with Crippen LogP contribution in [0.15, 0.2) is 65.9 Å². The lowest BCUT2D eigenvalue weighted by atomic mass is 10.1. The largest absolute Gasteiger partial charge is 0.379 e. The van der Waals surface area contributed by atoms with Crippen molar-refractivity contribution in [1.82, 2.24) is 9.97 Å². The van der Waals surface area contributed by atoms with Gasteiger partial charge in [0, 0.05) is 17.3 Å². The Balaban J connectivity index is 1.91. The van der Waals surface area contributed by atoms with Gasteiger partial charge >= 0.3 is 0 Å². The summed E-state index contributed by atoms with van der Waals surface area (Å²) in [6.07, 6.45) is 4.42. The van der Waals surface area contributed by atoms with Crippen LogP contribution in [0.2, 0.25) is 0 Å². The number of rotatable bonds is 7. The number of hydrogen-bond acceptors (Lipinski definition) is 7. The van der Waals surface area contributed by atoms with Crippen molar-refractivity contribution in [2.75, 3.05) is 22.6 Å². The summed E-state index contributed by atoms with van der Waals surface area (Å²) in [4.78, 5) is 12.9. The first-order chi connectivity index (χ1) is 14.3. The SMILES string of the molecule is CS/C(N)=N\Cc1cc(Nc2cc(-c3ccccc3)ncn2)cc(NS(C)(=O)=O)c1. The van der Waals surface area contributed by atoms with E-state index in [-0.39, 0.29) is 0 Å². The number of aromatic nitrogens is 2. The molecule has 8 nitrogen and oxygen atoms in total. The van der Waals surface area contributed by atoms with Crippen molar-refractivity contribution in [3.63, 3.8) is 0 Å². The molecule has 0 saturated carbocycles. The highest BCUT2D eigenvalue weighted by atomic mass is 32.2. The van der Waals surface area contributed by atoms with Crippen molar-refractivity contribution in [1.29, 1.82) is 0 Å². The van der Waals surface area contributed by atoms with Crippen molar-refractivity contribution in [2.45, 2.75) is 6.54 Å². The molecule has 0 radical (unpaired) electrons. The Bertz CT molecular complexity index is 1150. The van der Waals surface area contributed by atoms with E-state index in [1.807, 2.05) is 48.7 Å². The molecule has 0 fully saturated rings. The molecule has 0 bridgehead atoms. The normalized spacial score (nSPS) is 11.9. The van der Waals surface area contributed by atoms with Crippen LogP contribution < -0.4 is 15.8 Å². The number of sulfonamides is 1. The van der Waals surface area contributed by atoms with Gasteiger partial charge in [-0.2, -0.15) is 0 Å². The zero-order chi connectivity index (χ0) is 21.6. The van der Waals surface area contributed by atoms with Crippen LogP contribution in [0.3, 0.4) is 0 Å². The first kappa shape index (κ1) is 21.6. The zero-order valence-electron chi connectivity index (χ0n) is 16.5. The molecule has 0 unspecified atom stereocenters. The highest BCUT2D eigenvalue weighted by Crippen LogP contribution is 2.25. The molecule has 0 aliphatic carbocycles. The highest BCUT2D eigenvalue weighted by Gasteiger charge is 2.08. The van der Waals surface area contributed by atoms with E-state index in [4.69, 9.17) is 5.73 Å². The first-order valence-electron chi connectivity index (χ1n) is 8.92. The number of anilines is 3. The number of benzene rings is 2. The second kappa shape index (κ2) is 9.59. The van der Waals surface area contributed by atoms with Crippen molar-refractivity contribution >= 4 is 44.1 Å². The molecule has 4 N–H and O–H groups in total. The van der Waals surface area contributed by atoms with Crippen LogP contribution in [0.5, 0.6) is 0 Å². The Morgan fingerprint density at radius 2 is 1.83 bits per heavy atom. The van der Waals surface area contributed by atoms with E-state index < -0.39 is 10.0 Å². The summed E-state index contributed by atoms with van der Waals surface area (Å²) in [5, 5.41) is 3.66. The summed E-state index contributed by atoms with van der Waals surface area (Å²) in [5.41, 5.74) is 9.38. The monoisotopic (exact) mass is 442 g/mol. The smallest absolute Gasteiger partial charge is 0.229 e. The average molecular weight is 443 g/mol. The third kappa shape index (κ3) is 6.46. The molecule has 0 amide bonds. The number of hydrogen-bond donors (Lipinski definition) is 3. The Morgan fingerprint density at radius 3 is 2.53 bits per heavy atom. The van der Waals surface area contributed by atoms with Crippen LogP contribution in [-0.2, 0) is 16.6 Å². The van der Waals surface area contributed by atoms with Gasteiger partial charge in [0.2, 0.25) is 10.0 Å². The summed E-state index contributed by atoms with van der Waals surface area (Å²) in [5.74, 6) is 0.582. The van der Waals surface area contributed by atoms with Gasteiger partial charge in [0.25, 0.3) is 0 Å². The summed E-state index contributed by atoms with van der Waals surface area (Å²) >= 11 is 1.35. The van der Waals surface area contributed by atoms with Crippen molar-refractivity contribution in [3.05, 3.63) is 66.5 Å². The Labute approximate surface area is 180 Å². The minimum absolute atomic E-state index is 0.319. The fourth-order valence-electron chi connectivity index (χ4n) is 2.70. The predicted molar refractivity (Wildman–Crippen MR) is 125 cm³/mol. The number of thioether (sulfide) groups is 1. The molecular formula is C20H22N6O2S2. The third-order valence-electron chi connectivity index (χ3n) is 3.93. The molecule has 10 heteroatoms. The predicted octanol–water partition coefficient (Wildman–Crippen LogP) is 3.44. The van der Waals surface area contributed by atoms with Gasteiger partial charge < -0.3 is 11.1 Å². The number of nitrogens with one attached hydrogen (secondary N) is 2. The Kier molecular flexibility index (Phi) is 6.91. The van der Waals surface area contributed by atoms with Crippen LogP contribution in [0.4, 0.5) is 17.2 Å². The second-order valence-electron chi connectivity index (χ2n) is 6.43. The van der Waals surface area contributed by atoms with Crippen LogP contribution in [0, 0.1) is 0 Å². The van der Waals surface area contributed by atoms with Gasteiger partial charge in [-0.3, -0.25) is 9.71 Å². The number of nitrogens with zero attached hydrogens (tertiary/aromatic N) is 3. The van der Waals surface area contributed by atoms with E-state index >= 15 is 0 Å². The quantitative estimate of drug-likeness (QED) is 0.378. The lowest BCUT2D eigenvalue weighted by molar-refractivity contribution is 0.607. The molecule has 0 spiro atoms. The summed E-state index contributed by atoms with van der Waals surface area (Å²) in [7, 11) is -3.43. The van der Waals surface area contributed by atoms with Gasteiger partial charge in [-0.1, -0.05) is 42.1 Å². The van der Waals surface area contributed by atoms with E-state index in [0.717, 1.165) is 23.1 Å². The second-order valence-corrected chi connectivity index (χ2v) is 9.01. The van der Waals surface area contributed by atoms with E-state index in [2.05, 4.69) is 25.0 Å². The molecule has 1 heterocycles. The van der Waals surface area contributed by atoms with E-state index in [1.165, 1.54) is 18.1 Å². The maximum absolute atomic E-state index is 11.7. The van der Waals surface area contributed by atoms with Crippen LogP contribution in [-0.4, -0.2) is 36.1 Å². The number of nitrogens with two attached hydrogens (primary N) is 1. The lowest BCUT2D eigenvalue weighted by Crippen LogP contribution is -2.10. The molecule has 156 valence electrons. The van der Waals surface area contributed by atoms with E-state index in [1.54, 1.807) is 12.1 Å². The van der Waals surface area contributed by atoms with Crippen LogP contribution >= 0.6 is 11.8 Å². The van der Waals surface area contributed by atoms with Gasteiger partial charge in [0.1, 0.15) is 12.1 Å². The molecule has 0 atom stereocenters. The Hall–Kier alpha value is -3.11. The highest BCUT2D eigenvalue weighted by molar-refractivity contribution is 8.13. The van der Waals surface area contributed by atoms with Gasteiger partial charge in [0.15, 0.2) is 5.17 Å². The average Bonchev–Trinajstić information content (AvgIpc) is 2.71. The first-order valence-corrected chi connectivity index (χ1v) is 12.0.